The van der Waals surface area contributed by atoms with Crippen molar-refractivity contribution < 1.29 is 4.74 Å². The van der Waals surface area contributed by atoms with Gasteiger partial charge in [0.2, 0.25) is 5.88 Å². The first-order valence-electron chi connectivity index (χ1n) is 6.34. The second-order valence-electron chi connectivity index (χ2n) is 4.22. The third-order valence-corrected chi connectivity index (χ3v) is 2.66. The lowest BCUT2D eigenvalue weighted by molar-refractivity contribution is 0.325. The van der Waals surface area contributed by atoms with Gasteiger partial charge in [-0.25, -0.2) is 4.98 Å². The number of hydrogen-bond donors (Lipinski definition) is 1. The Morgan fingerprint density at radius 3 is 2.89 bits per heavy atom. The number of aryl methyl sites for hydroxylation is 1. The second kappa shape index (κ2) is 6.13. The molecule has 2 heterocycles. The Morgan fingerprint density at radius 1 is 1.37 bits per heavy atom. The highest BCUT2D eigenvalue weighted by molar-refractivity contribution is 5.40. The molecule has 0 aliphatic heterocycles. The van der Waals surface area contributed by atoms with Gasteiger partial charge in [-0.05, 0) is 32.4 Å². The van der Waals surface area contributed by atoms with Crippen LogP contribution in [-0.4, -0.2) is 21.6 Å². The van der Waals surface area contributed by atoms with Crippen LogP contribution in [0.1, 0.15) is 31.3 Å². The summed E-state index contributed by atoms with van der Waals surface area (Å²) in [5.74, 6) is 2.04. The summed E-state index contributed by atoms with van der Waals surface area (Å²) in [5.41, 5.74) is 1.11. The summed E-state index contributed by atoms with van der Waals surface area (Å²) in [6.45, 7) is 6.44. The number of nitrogens with zero attached hydrogens (tertiary/aromatic N) is 3. The number of nitrogens with one attached hydrogen (secondary N) is 1. The maximum absolute atomic E-state index is 5.41. The molecule has 0 spiro atoms. The molecule has 2 aromatic rings. The Hall–Kier alpha value is -2.17. The van der Waals surface area contributed by atoms with Gasteiger partial charge >= 0.3 is 0 Å². The van der Waals surface area contributed by atoms with Crippen LogP contribution in [0.4, 0.5) is 5.82 Å². The molecule has 0 saturated heterocycles. The zero-order valence-corrected chi connectivity index (χ0v) is 11.4. The number of anilines is 1. The molecule has 0 fully saturated rings. The van der Waals surface area contributed by atoms with Crippen LogP contribution in [0.3, 0.4) is 0 Å². The Bertz CT molecular complexity index is 530. The van der Waals surface area contributed by atoms with Crippen LogP contribution < -0.4 is 10.1 Å². The van der Waals surface area contributed by atoms with Gasteiger partial charge in [-0.3, -0.25) is 4.98 Å². The van der Waals surface area contributed by atoms with E-state index in [9.17, 15) is 0 Å². The lowest BCUT2D eigenvalue weighted by Crippen LogP contribution is -2.09. The van der Waals surface area contributed by atoms with Gasteiger partial charge in [0.05, 0.1) is 12.6 Å². The van der Waals surface area contributed by atoms with E-state index in [0.717, 1.165) is 11.4 Å². The van der Waals surface area contributed by atoms with Crippen molar-refractivity contribution in [1.29, 1.82) is 0 Å². The summed E-state index contributed by atoms with van der Waals surface area (Å²) in [7, 11) is 0. The number of pyridine rings is 1. The van der Waals surface area contributed by atoms with E-state index in [4.69, 9.17) is 4.74 Å². The number of rotatable bonds is 5. The third kappa shape index (κ3) is 3.64. The molecular formula is C14H18N4O. The monoisotopic (exact) mass is 258 g/mol. The predicted octanol–water partition coefficient (Wildman–Crippen LogP) is 2.75. The average Bonchev–Trinajstić information content (AvgIpc) is 2.39. The maximum atomic E-state index is 5.41. The largest absolute Gasteiger partial charge is 0.478 e. The van der Waals surface area contributed by atoms with E-state index in [2.05, 4.69) is 27.2 Å². The molecule has 0 saturated carbocycles. The van der Waals surface area contributed by atoms with E-state index in [1.54, 1.807) is 6.20 Å². The predicted molar refractivity (Wildman–Crippen MR) is 74.2 cm³/mol. The molecule has 1 atom stereocenters. The van der Waals surface area contributed by atoms with Gasteiger partial charge in [0, 0.05) is 18.5 Å². The maximum Gasteiger partial charge on any atom is 0.218 e. The Labute approximate surface area is 113 Å². The third-order valence-electron chi connectivity index (χ3n) is 2.66. The van der Waals surface area contributed by atoms with Crippen molar-refractivity contribution in [3.8, 4) is 5.88 Å². The lowest BCUT2D eigenvalue weighted by Gasteiger charge is -2.15. The quantitative estimate of drug-likeness (QED) is 0.893. The summed E-state index contributed by atoms with van der Waals surface area (Å²) < 4.78 is 5.41. The zero-order chi connectivity index (χ0) is 13.7. The second-order valence-corrected chi connectivity index (χ2v) is 4.22. The standard InChI is InChI=1S/C14H18N4O/c1-4-19-14-8-13(17-11(3)18-14)16-10(2)12-6-5-7-15-9-12/h5-10H,4H2,1-3H3,(H,16,17,18). The molecule has 5 nitrogen and oxygen atoms in total. The summed E-state index contributed by atoms with van der Waals surface area (Å²) >= 11 is 0. The minimum absolute atomic E-state index is 0.123. The van der Waals surface area contributed by atoms with Crippen molar-refractivity contribution in [2.45, 2.75) is 26.8 Å². The molecule has 19 heavy (non-hydrogen) atoms. The minimum atomic E-state index is 0.123. The Kier molecular flexibility index (Phi) is 4.28. The van der Waals surface area contributed by atoms with Gasteiger partial charge in [-0.2, -0.15) is 4.98 Å². The normalized spacial score (nSPS) is 11.9. The van der Waals surface area contributed by atoms with Crippen LogP contribution in [-0.2, 0) is 0 Å². The van der Waals surface area contributed by atoms with Crippen LogP contribution >= 0.6 is 0 Å². The van der Waals surface area contributed by atoms with Gasteiger partial charge in [0.25, 0.3) is 0 Å². The van der Waals surface area contributed by atoms with E-state index >= 15 is 0 Å². The molecule has 0 aliphatic rings. The van der Waals surface area contributed by atoms with Crippen molar-refractivity contribution in [2.75, 3.05) is 11.9 Å². The molecule has 0 radical (unpaired) electrons. The van der Waals surface area contributed by atoms with Gasteiger partial charge in [-0.1, -0.05) is 6.07 Å². The Balaban J connectivity index is 2.14. The summed E-state index contributed by atoms with van der Waals surface area (Å²) in [6.07, 6.45) is 3.60. The lowest BCUT2D eigenvalue weighted by atomic mass is 10.1. The molecular weight excluding hydrogens is 240 g/mol. The van der Waals surface area contributed by atoms with E-state index in [0.29, 0.717) is 18.3 Å². The SMILES string of the molecule is CCOc1cc(NC(C)c2cccnc2)nc(C)n1. The average molecular weight is 258 g/mol. The van der Waals surface area contributed by atoms with Crippen LogP contribution in [0.5, 0.6) is 5.88 Å². The van der Waals surface area contributed by atoms with Crippen molar-refractivity contribution in [3.63, 3.8) is 0 Å². The fourth-order valence-electron chi connectivity index (χ4n) is 1.77. The Morgan fingerprint density at radius 2 is 2.21 bits per heavy atom. The summed E-state index contributed by atoms with van der Waals surface area (Å²) in [6, 6.07) is 5.88. The van der Waals surface area contributed by atoms with E-state index in [-0.39, 0.29) is 6.04 Å². The molecule has 0 aromatic carbocycles. The first-order valence-corrected chi connectivity index (χ1v) is 6.34. The highest BCUT2D eigenvalue weighted by atomic mass is 16.5. The van der Waals surface area contributed by atoms with Crippen LogP contribution in [0.25, 0.3) is 0 Å². The first kappa shape index (κ1) is 13.3. The van der Waals surface area contributed by atoms with Crippen LogP contribution in [0.2, 0.25) is 0 Å². The topological polar surface area (TPSA) is 59.9 Å². The van der Waals surface area contributed by atoms with Gasteiger partial charge in [0.15, 0.2) is 0 Å². The molecule has 0 amide bonds. The molecule has 2 aromatic heterocycles. The fourth-order valence-corrected chi connectivity index (χ4v) is 1.77. The van der Waals surface area contributed by atoms with Gasteiger partial charge in [0.1, 0.15) is 11.6 Å². The van der Waals surface area contributed by atoms with E-state index in [1.165, 1.54) is 0 Å². The zero-order valence-electron chi connectivity index (χ0n) is 11.4. The van der Waals surface area contributed by atoms with E-state index < -0.39 is 0 Å². The molecule has 1 unspecified atom stereocenters. The van der Waals surface area contributed by atoms with Gasteiger partial charge in [-0.15, -0.1) is 0 Å². The highest BCUT2D eigenvalue weighted by Crippen LogP contribution is 2.19. The molecule has 0 aliphatic carbocycles. The summed E-state index contributed by atoms with van der Waals surface area (Å²) in [5, 5.41) is 3.33. The summed E-state index contributed by atoms with van der Waals surface area (Å²) in [4.78, 5) is 12.7. The molecule has 0 bridgehead atoms. The number of hydrogen-bond acceptors (Lipinski definition) is 5. The minimum Gasteiger partial charge on any atom is -0.478 e. The van der Waals surface area contributed by atoms with Crippen LogP contribution in [0, 0.1) is 6.92 Å². The van der Waals surface area contributed by atoms with Crippen LogP contribution in [0.15, 0.2) is 30.6 Å². The first-order chi connectivity index (χ1) is 9.19. The molecule has 5 heteroatoms. The van der Waals surface area contributed by atoms with Crippen molar-refractivity contribution in [3.05, 3.63) is 42.0 Å². The number of ether oxygens (including phenoxy) is 1. The van der Waals surface area contributed by atoms with Crippen molar-refractivity contribution in [2.24, 2.45) is 0 Å². The molecule has 100 valence electrons. The number of aromatic nitrogens is 3. The molecule has 1 N–H and O–H groups in total. The smallest absolute Gasteiger partial charge is 0.218 e. The molecule has 2 rings (SSSR count). The van der Waals surface area contributed by atoms with Crippen molar-refractivity contribution >= 4 is 5.82 Å². The van der Waals surface area contributed by atoms with Gasteiger partial charge < -0.3 is 10.1 Å². The van der Waals surface area contributed by atoms with Crippen molar-refractivity contribution in [1.82, 2.24) is 15.0 Å². The highest BCUT2D eigenvalue weighted by Gasteiger charge is 2.08. The fraction of sp³-hybridized carbons (Fsp3) is 0.357. The van der Waals surface area contributed by atoms with E-state index in [1.807, 2.05) is 38.2 Å².